The summed E-state index contributed by atoms with van der Waals surface area (Å²) in [4.78, 5) is 0. The molecular formula is C13H12BrNO. The second-order valence-electron chi connectivity index (χ2n) is 3.99. The van der Waals surface area contributed by atoms with E-state index in [4.69, 9.17) is 4.42 Å². The third-order valence-electron chi connectivity index (χ3n) is 2.99. The molecule has 1 N–H and O–H groups in total. The molecule has 1 aliphatic heterocycles. The van der Waals surface area contributed by atoms with Crippen molar-refractivity contribution in [1.82, 2.24) is 5.32 Å². The van der Waals surface area contributed by atoms with E-state index in [1.54, 1.807) is 6.26 Å². The van der Waals surface area contributed by atoms with Gasteiger partial charge in [-0.25, -0.2) is 0 Å². The standard InChI is InChI=1S/C13H12BrNO/c14-10-3-1-9(2-4-10)13-11-6-8-16-12(11)5-7-15-13/h1-4,6,8,13,15H,5,7H2. The molecule has 0 spiro atoms. The van der Waals surface area contributed by atoms with Crippen LogP contribution in [0.15, 0.2) is 45.5 Å². The van der Waals surface area contributed by atoms with Gasteiger partial charge in [-0.3, -0.25) is 0 Å². The van der Waals surface area contributed by atoms with Crippen molar-refractivity contribution >= 4 is 15.9 Å². The third kappa shape index (κ3) is 1.70. The highest BCUT2D eigenvalue weighted by atomic mass is 79.9. The van der Waals surface area contributed by atoms with Gasteiger partial charge in [0.25, 0.3) is 0 Å². The zero-order chi connectivity index (χ0) is 11.0. The molecule has 2 heterocycles. The summed E-state index contributed by atoms with van der Waals surface area (Å²) in [7, 11) is 0. The monoisotopic (exact) mass is 277 g/mol. The second-order valence-corrected chi connectivity index (χ2v) is 4.90. The largest absolute Gasteiger partial charge is 0.469 e. The van der Waals surface area contributed by atoms with Crippen LogP contribution in [0, 0.1) is 0 Å². The van der Waals surface area contributed by atoms with E-state index in [9.17, 15) is 0 Å². The van der Waals surface area contributed by atoms with Crippen molar-refractivity contribution in [2.24, 2.45) is 0 Å². The molecule has 0 saturated heterocycles. The van der Waals surface area contributed by atoms with Gasteiger partial charge in [0.15, 0.2) is 0 Å². The van der Waals surface area contributed by atoms with E-state index < -0.39 is 0 Å². The fourth-order valence-electron chi connectivity index (χ4n) is 2.20. The Morgan fingerprint density at radius 2 is 2.00 bits per heavy atom. The van der Waals surface area contributed by atoms with Gasteiger partial charge >= 0.3 is 0 Å². The lowest BCUT2D eigenvalue weighted by atomic mass is 9.95. The highest BCUT2D eigenvalue weighted by molar-refractivity contribution is 9.10. The molecule has 0 radical (unpaired) electrons. The van der Waals surface area contributed by atoms with Crippen LogP contribution in [0.25, 0.3) is 0 Å². The summed E-state index contributed by atoms with van der Waals surface area (Å²) < 4.78 is 6.59. The lowest BCUT2D eigenvalue weighted by Gasteiger charge is -2.23. The summed E-state index contributed by atoms with van der Waals surface area (Å²) in [6.45, 7) is 0.973. The number of hydrogen-bond acceptors (Lipinski definition) is 2. The molecule has 0 aliphatic carbocycles. The number of halogens is 1. The van der Waals surface area contributed by atoms with Gasteiger partial charge in [-0.1, -0.05) is 28.1 Å². The molecule has 1 aliphatic rings. The van der Waals surface area contributed by atoms with Gasteiger partial charge in [0.05, 0.1) is 12.3 Å². The molecule has 0 fully saturated rings. The molecular weight excluding hydrogens is 266 g/mol. The van der Waals surface area contributed by atoms with Crippen molar-refractivity contribution in [3.63, 3.8) is 0 Å². The molecule has 1 unspecified atom stereocenters. The Balaban J connectivity index is 2.00. The molecule has 0 bridgehead atoms. The lowest BCUT2D eigenvalue weighted by Crippen LogP contribution is -2.29. The number of hydrogen-bond donors (Lipinski definition) is 1. The van der Waals surface area contributed by atoms with E-state index in [0.29, 0.717) is 0 Å². The predicted molar refractivity (Wildman–Crippen MR) is 66.4 cm³/mol. The lowest BCUT2D eigenvalue weighted by molar-refractivity contribution is 0.456. The first-order valence-corrected chi connectivity index (χ1v) is 6.19. The fourth-order valence-corrected chi connectivity index (χ4v) is 2.47. The van der Waals surface area contributed by atoms with E-state index in [0.717, 1.165) is 23.2 Å². The van der Waals surface area contributed by atoms with Crippen molar-refractivity contribution in [2.75, 3.05) is 6.54 Å². The molecule has 0 saturated carbocycles. The minimum Gasteiger partial charge on any atom is -0.469 e. The van der Waals surface area contributed by atoms with E-state index in [1.165, 1.54) is 11.1 Å². The van der Waals surface area contributed by atoms with Crippen LogP contribution >= 0.6 is 15.9 Å². The van der Waals surface area contributed by atoms with E-state index in [1.807, 2.05) is 0 Å². The number of fused-ring (bicyclic) bond motifs is 1. The molecule has 0 amide bonds. The van der Waals surface area contributed by atoms with Crippen LogP contribution in [0.3, 0.4) is 0 Å². The summed E-state index contributed by atoms with van der Waals surface area (Å²) in [5, 5.41) is 3.52. The Bertz CT molecular complexity index is 489. The Morgan fingerprint density at radius 3 is 2.81 bits per heavy atom. The Morgan fingerprint density at radius 1 is 1.19 bits per heavy atom. The normalized spacial score (nSPS) is 19.4. The fraction of sp³-hybridized carbons (Fsp3) is 0.231. The van der Waals surface area contributed by atoms with Crippen molar-refractivity contribution in [3.05, 3.63) is 58.0 Å². The molecule has 2 nitrogen and oxygen atoms in total. The Hall–Kier alpha value is -1.06. The van der Waals surface area contributed by atoms with Crippen molar-refractivity contribution in [2.45, 2.75) is 12.5 Å². The first-order chi connectivity index (χ1) is 7.84. The molecule has 2 aromatic rings. The quantitative estimate of drug-likeness (QED) is 0.866. The van der Waals surface area contributed by atoms with Gasteiger partial charge in [0, 0.05) is 23.0 Å². The van der Waals surface area contributed by atoms with Gasteiger partial charge in [-0.15, -0.1) is 0 Å². The minimum absolute atomic E-state index is 0.274. The second kappa shape index (κ2) is 4.07. The van der Waals surface area contributed by atoms with Crippen molar-refractivity contribution in [3.8, 4) is 0 Å². The highest BCUT2D eigenvalue weighted by Gasteiger charge is 2.23. The predicted octanol–water partition coefficient (Wildman–Crippen LogP) is 3.28. The third-order valence-corrected chi connectivity index (χ3v) is 3.52. The molecule has 1 aromatic carbocycles. The smallest absolute Gasteiger partial charge is 0.110 e. The van der Waals surface area contributed by atoms with Crippen LogP contribution in [0.1, 0.15) is 22.9 Å². The van der Waals surface area contributed by atoms with E-state index in [2.05, 4.69) is 51.6 Å². The number of rotatable bonds is 1. The van der Waals surface area contributed by atoms with E-state index >= 15 is 0 Å². The summed E-state index contributed by atoms with van der Waals surface area (Å²) in [6.07, 6.45) is 2.76. The zero-order valence-corrected chi connectivity index (χ0v) is 10.3. The SMILES string of the molecule is Brc1ccc(C2NCCc3occc32)cc1. The number of nitrogens with one attached hydrogen (secondary N) is 1. The van der Waals surface area contributed by atoms with Gasteiger partial charge < -0.3 is 9.73 Å². The van der Waals surface area contributed by atoms with Crippen LogP contribution in [0.5, 0.6) is 0 Å². The minimum atomic E-state index is 0.274. The first kappa shape index (κ1) is 10.1. The number of benzene rings is 1. The van der Waals surface area contributed by atoms with Crippen LogP contribution in [-0.4, -0.2) is 6.54 Å². The van der Waals surface area contributed by atoms with Crippen molar-refractivity contribution < 1.29 is 4.42 Å². The molecule has 1 atom stereocenters. The zero-order valence-electron chi connectivity index (χ0n) is 8.74. The maximum atomic E-state index is 5.48. The number of furan rings is 1. The van der Waals surface area contributed by atoms with Crippen molar-refractivity contribution in [1.29, 1.82) is 0 Å². The maximum Gasteiger partial charge on any atom is 0.110 e. The molecule has 1 aromatic heterocycles. The first-order valence-electron chi connectivity index (χ1n) is 5.40. The van der Waals surface area contributed by atoms with Crippen LogP contribution in [0.2, 0.25) is 0 Å². The topological polar surface area (TPSA) is 25.2 Å². The molecule has 16 heavy (non-hydrogen) atoms. The van der Waals surface area contributed by atoms with E-state index in [-0.39, 0.29) is 6.04 Å². The van der Waals surface area contributed by atoms with Gasteiger partial charge in [0.1, 0.15) is 5.76 Å². The molecule has 82 valence electrons. The average molecular weight is 278 g/mol. The highest BCUT2D eigenvalue weighted by Crippen LogP contribution is 2.29. The van der Waals surface area contributed by atoms with Gasteiger partial charge in [-0.05, 0) is 23.8 Å². The molecule has 3 rings (SSSR count). The van der Waals surface area contributed by atoms with Gasteiger partial charge in [-0.2, -0.15) is 0 Å². The molecule has 3 heteroatoms. The Labute approximate surface area is 103 Å². The summed E-state index contributed by atoms with van der Waals surface area (Å²) in [5.41, 5.74) is 2.55. The van der Waals surface area contributed by atoms with Crippen LogP contribution < -0.4 is 5.32 Å². The summed E-state index contributed by atoms with van der Waals surface area (Å²) in [5.74, 6) is 1.12. The summed E-state index contributed by atoms with van der Waals surface area (Å²) >= 11 is 3.45. The van der Waals surface area contributed by atoms with Gasteiger partial charge in [0.2, 0.25) is 0 Å². The Kier molecular flexibility index (Phi) is 2.58. The summed E-state index contributed by atoms with van der Waals surface area (Å²) in [6, 6.07) is 10.8. The van der Waals surface area contributed by atoms with Crippen LogP contribution in [-0.2, 0) is 6.42 Å². The van der Waals surface area contributed by atoms with Crippen LogP contribution in [0.4, 0.5) is 0 Å². The average Bonchev–Trinajstić information content (AvgIpc) is 2.78. The maximum absolute atomic E-state index is 5.48.